The average molecular weight is 771 g/mol. The first-order chi connectivity index (χ1) is 26.3. The van der Waals surface area contributed by atoms with E-state index in [-0.39, 0.29) is 37.1 Å². The lowest BCUT2D eigenvalue weighted by molar-refractivity contribution is -0.309. The number of nitrogens with zero attached hydrogens (tertiary/aromatic N) is 3. The van der Waals surface area contributed by atoms with E-state index >= 15 is 0 Å². The normalized spacial score (nSPS) is 33.5. The number of fused-ring (bicyclic) bond motifs is 1. The fourth-order valence-corrected chi connectivity index (χ4v) is 7.68. The number of hydrogen-bond acceptors (Lipinski definition) is 13. The Hall–Kier alpha value is -3.34. The molecule has 1 aromatic heterocycles. The Bertz CT molecular complexity index is 1560. The Morgan fingerprint density at radius 2 is 1.87 bits per heavy atom. The number of esters is 1. The van der Waals surface area contributed by atoms with Crippen molar-refractivity contribution >= 4 is 35.1 Å². The van der Waals surface area contributed by atoms with Crippen molar-refractivity contribution in [3.05, 3.63) is 48.2 Å². The Labute approximate surface area is 325 Å². The summed E-state index contributed by atoms with van der Waals surface area (Å²) in [6.45, 7) is 6.13. The summed E-state index contributed by atoms with van der Waals surface area (Å²) in [7, 11) is 6.78. The number of para-hydroxylation sites is 1. The molecule has 2 aromatic rings. The number of methoxy groups -OCH3 is 1. The maximum Gasteiger partial charge on any atom is 0.305 e. The molecular formula is C41H62N4O10. The number of likely N-dealkylation sites (N-methyl/N-ethyl adjacent to an activating group) is 2. The van der Waals surface area contributed by atoms with Crippen molar-refractivity contribution < 1.29 is 48.7 Å². The maximum absolute atomic E-state index is 14.0. The second-order valence-corrected chi connectivity index (χ2v) is 15.4. The Kier molecular flexibility index (Phi) is 17.2. The van der Waals surface area contributed by atoms with Crippen LogP contribution in [-0.2, 0) is 33.3 Å². The van der Waals surface area contributed by atoms with E-state index in [2.05, 4.69) is 16.4 Å². The lowest BCUT2D eigenvalue weighted by Crippen LogP contribution is -2.63. The van der Waals surface area contributed by atoms with Crippen molar-refractivity contribution in [1.29, 1.82) is 0 Å². The highest BCUT2D eigenvalue weighted by atomic mass is 16.7. The van der Waals surface area contributed by atoms with Gasteiger partial charge in [0.1, 0.15) is 24.6 Å². The van der Waals surface area contributed by atoms with Gasteiger partial charge in [0.25, 0.3) is 0 Å². The van der Waals surface area contributed by atoms with Crippen LogP contribution in [-0.4, -0.2) is 151 Å². The minimum Gasteiger partial charge on any atom is -0.459 e. The molecule has 14 heteroatoms. The van der Waals surface area contributed by atoms with Crippen LogP contribution in [0.15, 0.2) is 42.6 Å². The summed E-state index contributed by atoms with van der Waals surface area (Å²) < 4.78 is 24.6. The Morgan fingerprint density at radius 3 is 2.56 bits per heavy atom. The van der Waals surface area contributed by atoms with Gasteiger partial charge in [0, 0.05) is 44.1 Å². The van der Waals surface area contributed by atoms with Gasteiger partial charge in [-0.25, -0.2) is 0 Å². The van der Waals surface area contributed by atoms with Crippen LogP contribution in [0.1, 0.15) is 64.9 Å². The summed E-state index contributed by atoms with van der Waals surface area (Å²) >= 11 is 0. The standard InChI is InChI=1S/C41H62N4O10/c1-8-35(49)54-33-22-34(48)43-30(14-11-12-27-21-28-13-9-10-15-31(28)42-23-27)16-18-45(6)24-32(47)25(2)20-29(17-19-46)39(40(33)52-7)55-41-38(51)36(44(4)5)37(50)26(3)53-41/h9-13,15,19,21,23,25-26,29-30,32-33,36-41,47,50-51H,8,14,16-18,20,22,24H2,1-7H3,(H,43,48)/t25-,26?,29+,30?,32+,33-,36?,37-,38?,39+,40+,41+/m1/s1. The summed E-state index contributed by atoms with van der Waals surface area (Å²) in [6, 6.07) is 8.87. The summed E-state index contributed by atoms with van der Waals surface area (Å²) in [6.07, 6.45) is -0.792. The largest absolute Gasteiger partial charge is 0.459 e. The van der Waals surface area contributed by atoms with Gasteiger partial charge in [0.15, 0.2) is 6.29 Å². The molecule has 0 spiro atoms. The van der Waals surface area contributed by atoms with Gasteiger partial charge in [-0.1, -0.05) is 44.2 Å². The van der Waals surface area contributed by atoms with Crippen LogP contribution in [0.2, 0.25) is 0 Å². The van der Waals surface area contributed by atoms with Gasteiger partial charge >= 0.3 is 5.97 Å². The second-order valence-electron chi connectivity index (χ2n) is 15.4. The number of ether oxygens (including phenoxy) is 4. The van der Waals surface area contributed by atoms with Gasteiger partial charge in [-0.3, -0.25) is 14.6 Å². The molecule has 0 bridgehead atoms. The minimum absolute atomic E-state index is 0.0166. The molecule has 2 aliphatic rings. The van der Waals surface area contributed by atoms with Crippen LogP contribution in [0.5, 0.6) is 0 Å². The number of β-amino-alcohol motifs (C(OH)–C–C–N with tert-alkyl or cyclic N) is 1. The molecule has 4 unspecified atom stereocenters. The van der Waals surface area contributed by atoms with Crippen LogP contribution in [0, 0.1) is 11.8 Å². The zero-order chi connectivity index (χ0) is 40.2. The fraction of sp³-hybridized carbons (Fsp3) is 0.659. The number of pyridine rings is 1. The predicted octanol–water partition coefficient (Wildman–Crippen LogP) is 2.56. The topological polar surface area (TPSA) is 180 Å². The summed E-state index contributed by atoms with van der Waals surface area (Å²) in [5, 5.41) is 37.9. The average Bonchev–Trinajstić information content (AvgIpc) is 3.14. The van der Waals surface area contributed by atoms with E-state index in [9.17, 15) is 29.7 Å². The molecule has 0 aliphatic carbocycles. The van der Waals surface area contributed by atoms with Crippen molar-refractivity contribution in [2.75, 3.05) is 41.3 Å². The van der Waals surface area contributed by atoms with Crippen molar-refractivity contribution in [2.45, 2.75) is 120 Å². The molecule has 0 saturated carbocycles. The van der Waals surface area contributed by atoms with E-state index in [0.717, 1.165) is 22.8 Å². The van der Waals surface area contributed by atoms with E-state index in [1.807, 2.05) is 55.3 Å². The Morgan fingerprint density at radius 1 is 1.13 bits per heavy atom. The van der Waals surface area contributed by atoms with Crippen LogP contribution < -0.4 is 5.32 Å². The number of amides is 1. The molecule has 4 rings (SSSR count). The third-order valence-electron chi connectivity index (χ3n) is 10.9. The number of aromatic nitrogens is 1. The lowest BCUT2D eigenvalue weighted by atomic mass is 9.82. The molecule has 12 atom stereocenters. The highest BCUT2D eigenvalue weighted by Gasteiger charge is 2.48. The molecule has 2 aliphatic heterocycles. The number of rotatable bonds is 11. The molecule has 306 valence electrons. The van der Waals surface area contributed by atoms with Crippen LogP contribution >= 0.6 is 0 Å². The molecule has 2 fully saturated rings. The third-order valence-corrected chi connectivity index (χ3v) is 10.9. The summed E-state index contributed by atoms with van der Waals surface area (Å²) in [5.41, 5.74) is 1.83. The van der Waals surface area contributed by atoms with Crippen molar-refractivity contribution in [3.63, 3.8) is 0 Å². The highest BCUT2D eigenvalue weighted by Crippen LogP contribution is 2.34. The second kappa shape index (κ2) is 21.3. The molecule has 4 N–H and O–H groups in total. The van der Waals surface area contributed by atoms with Crippen LogP contribution in [0.4, 0.5) is 0 Å². The van der Waals surface area contributed by atoms with Gasteiger partial charge < -0.3 is 54.2 Å². The molecule has 3 heterocycles. The molecule has 14 nitrogen and oxygen atoms in total. The van der Waals surface area contributed by atoms with Gasteiger partial charge in [-0.05, 0) is 83.4 Å². The number of nitrogens with one attached hydrogen (secondary N) is 1. The predicted molar refractivity (Wildman–Crippen MR) is 208 cm³/mol. The number of aldehydes is 1. The highest BCUT2D eigenvalue weighted by molar-refractivity contribution is 5.80. The van der Waals surface area contributed by atoms with E-state index in [1.165, 1.54) is 7.11 Å². The number of hydrogen-bond donors (Lipinski definition) is 4. The molecule has 1 amide bonds. The number of benzene rings is 1. The van der Waals surface area contributed by atoms with E-state index < -0.39 is 66.9 Å². The monoisotopic (exact) mass is 770 g/mol. The van der Waals surface area contributed by atoms with Gasteiger partial charge in [0.2, 0.25) is 5.91 Å². The lowest BCUT2D eigenvalue weighted by Gasteiger charge is -2.47. The van der Waals surface area contributed by atoms with Gasteiger partial charge in [0.05, 0.1) is 42.4 Å². The maximum atomic E-state index is 14.0. The number of aliphatic hydroxyl groups is 3. The van der Waals surface area contributed by atoms with Crippen molar-refractivity contribution in [1.82, 2.24) is 20.1 Å². The first kappa shape index (κ1) is 44.4. The van der Waals surface area contributed by atoms with Crippen LogP contribution in [0.25, 0.3) is 17.0 Å². The zero-order valence-electron chi connectivity index (χ0n) is 33.3. The van der Waals surface area contributed by atoms with E-state index in [1.54, 1.807) is 39.0 Å². The first-order valence-corrected chi connectivity index (χ1v) is 19.4. The first-order valence-electron chi connectivity index (χ1n) is 19.4. The van der Waals surface area contributed by atoms with Gasteiger partial charge in [-0.15, -0.1) is 0 Å². The van der Waals surface area contributed by atoms with E-state index in [4.69, 9.17) is 18.9 Å². The Balaban J connectivity index is 1.69. The number of aliphatic hydroxyl groups excluding tert-OH is 3. The molecule has 2 saturated heterocycles. The molecule has 1 aromatic carbocycles. The minimum atomic E-state index is -1.32. The number of carbonyl (C=O) groups is 3. The molecular weight excluding hydrogens is 708 g/mol. The molecule has 55 heavy (non-hydrogen) atoms. The van der Waals surface area contributed by atoms with Crippen molar-refractivity contribution in [2.24, 2.45) is 11.8 Å². The quantitative estimate of drug-likeness (QED) is 0.194. The van der Waals surface area contributed by atoms with E-state index in [0.29, 0.717) is 32.4 Å². The molecule has 0 radical (unpaired) electrons. The smallest absolute Gasteiger partial charge is 0.305 e. The van der Waals surface area contributed by atoms with Crippen molar-refractivity contribution in [3.8, 4) is 0 Å². The SMILES string of the molecule is CCC(=O)O[C@@H]1CC(=O)NC(CC=Cc2cnc3ccccc3c2)CCN(C)C[C@H](O)[C@H](C)C[C@H](CC=O)[C@H](O[C@@H]2OC(C)[C@@H](O)C(N(C)C)C2O)[C@H]1OC. The zero-order valence-corrected chi connectivity index (χ0v) is 33.3. The van der Waals surface area contributed by atoms with Crippen LogP contribution in [0.3, 0.4) is 0 Å². The summed E-state index contributed by atoms with van der Waals surface area (Å²) in [5.74, 6) is -1.88. The number of carbonyl (C=O) groups excluding carboxylic acids is 3. The third kappa shape index (κ3) is 12.3. The summed E-state index contributed by atoms with van der Waals surface area (Å²) in [4.78, 5) is 47.4. The fourth-order valence-electron chi connectivity index (χ4n) is 7.68. The van der Waals surface area contributed by atoms with Gasteiger partial charge in [-0.2, -0.15) is 0 Å².